The Bertz CT molecular complexity index is 544. The molecular formula is C14H14N2O4. The molecule has 0 aliphatic heterocycles. The number of esters is 1. The Kier molecular flexibility index (Phi) is 6.40. The molecule has 2 rings (SSSR count). The highest BCUT2D eigenvalue weighted by molar-refractivity contribution is 5.88. The van der Waals surface area contributed by atoms with Crippen LogP contribution in [0.2, 0.25) is 0 Å². The molecule has 6 heteroatoms. The highest BCUT2D eigenvalue weighted by atomic mass is 16.5. The van der Waals surface area contributed by atoms with E-state index >= 15 is 0 Å². The smallest absolute Gasteiger partial charge is 0.339 e. The van der Waals surface area contributed by atoms with Crippen LogP contribution < -0.4 is 0 Å². The molecule has 0 atom stereocenters. The second-order valence-electron chi connectivity index (χ2n) is 3.51. The number of hydrogen-bond acceptors (Lipinski definition) is 5. The summed E-state index contributed by atoms with van der Waals surface area (Å²) in [4.78, 5) is 28.6. The number of pyridine rings is 2. The fourth-order valence-corrected chi connectivity index (χ4v) is 1.19. The standard InChI is InChI=1S/C8H9NO2.C6H5NO2/c1-2-11-8(10)7-4-3-5-9-6-7;8-6(9)5-2-1-3-7-4-5/h3-6H,2H2,1H3;1-4H,(H,8,9). The van der Waals surface area contributed by atoms with E-state index < -0.39 is 5.97 Å². The number of hydrogen-bond donors (Lipinski definition) is 1. The molecule has 0 radical (unpaired) electrons. The molecule has 0 fully saturated rings. The van der Waals surface area contributed by atoms with Crippen LogP contribution in [0.3, 0.4) is 0 Å². The van der Waals surface area contributed by atoms with E-state index in [9.17, 15) is 9.59 Å². The molecule has 0 spiro atoms. The van der Waals surface area contributed by atoms with Gasteiger partial charge in [-0.2, -0.15) is 0 Å². The predicted molar refractivity (Wildman–Crippen MR) is 71.4 cm³/mol. The summed E-state index contributed by atoms with van der Waals surface area (Å²) in [7, 11) is 0. The van der Waals surface area contributed by atoms with Gasteiger partial charge in [-0.25, -0.2) is 9.59 Å². The molecule has 20 heavy (non-hydrogen) atoms. The van der Waals surface area contributed by atoms with Crippen molar-refractivity contribution in [1.29, 1.82) is 0 Å². The van der Waals surface area contributed by atoms with Gasteiger partial charge in [-0.15, -0.1) is 0 Å². The van der Waals surface area contributed by atoms with Gasteiger partial charge in [0.2, 0.25) is 0 Å². The molecule has 2 aromatic heterocycles. The Labute approximate surface area is 116 Å². The Morgan fingerprint density at radius 3 is 2.00 bits per heavy atom. The van der Waals surface area contributed by atoms with Gasteiger partial charge in [-0.05, 0) is 31.2 Å². The van der Waals surface area contributed by atoms with Gasteiger partial charge in [0, 0.05) is 24.8 Å². The minimum atomic E-state index is -0.942. The van der Waals surface area contributed by atoms with Gasteiger partial charge in [0.25, 0.3) is 0 Å². The summed E-state index contributed by atoms with van der Waals surface area (Å²) >= 11 is 0. The number of carboxylic acid groups (broad SMARTS) is 1. The van der Waals surface area contributed by atoms with Crippen LogP contribution in [0, 0.1) is 0 Å². The van der Waals surface area contributed by atoms with Gasteiger partial charge in [-0.3, -0.25) is 9.97 Å². The van der Waals surface area contributed by atoms with Crippen molar-refractivity contribution in [1.82, 2.24) is 9.97 Å². The summed E-state index contributed by atoms with van der Waals surface area (Å²) in [5.41, 5.74) is 0.715. The van der Waals surface area contributed by atoms with Crippen LogP contribution in [0.4, 0.5) is 0 Å². The largest absolute Gasteiger partial charge is 0.478 e. The highest BCUT2D eigenvalue weighted by Crippen LogP contribution is 1.97. The van der Waals surface area contributed by atoms with Crippen molar-refractivity contribution in [2.75, 3.05) is 6.61 Å². The maximum atomic E-state index is 11.0. The lowest BCUT2D eigenvalue weighted by molar-refractivity contribution is 0.0525. The molecule has 2 aromatic rings. The molecule has 0 saturated carbocycles. The maximum absolute atomic E-state index is 11.0. The van der Waals surface area contributed by atoms with Crippen LogP contribution in [0.5, 0.6) is 0 Å². The average Bonchev–Trinajstić information content (AvgIpc) is 2.50. The fourth-order valence-electron chi connectivity index (χ4n) is 1.19. The van der Waals surface area contributed by atoms with Crippen LogP contribution in [0.15, 0.2) is 49.1 Å². The first-order valence-electron chi connectivity index (χ1n) is 5.85. The van der Waals surface area contributed by atoms with Crippen LogP contribution in [0.1, 0.15) is 27.6 Å². The second-order valence-corrected chi connectivity index (χ2v) is 3.51. The van der Waals surface area contributed by atoms with Gasteiger partial charge in [-0.1, -0.05) is 0 Å². The van der Waals surface area contributed by atoms with E-state index in [1.165, 1.54) is 24.7 Å². The van der Waals surface area contributed by atoms with Crippen molar-refractivity contribution in [3.8, 4) is 0 Å². The van der Waals surface area contributed by atoms with E-state index in [0.29, 0.717) is 12.2 Å². The Morgan fingerprint density at radius 2 is 1.65 bits per heavy atom. The third-order valence-electron chi connectivity index (χ3n) is 2.08. The summed E-state index contributed by atoms with van der Waals surface area (Å²) in [5.74, 6) is -1.26. The zero-order chi connectivity index (χ0) is 14.8. The summed E-state index contributed by atoms with van der Waals surface area (Å²) in [6, 6.07) is 6.45. The van der Waals surface area contributed by atoms with Gasteiger partial charge in [0.05, 0.1) is 17.7 Å². The lowest BCUT2D eigenvalue weighted by Gasteiger charge is -1.98. The summed E-state index contributed by atoms with van der Waals surface area (Å²) in [6.45, 7) is 2.17. The van der Waals surface area contributed by atoms with E-state index in [1.54, 1.807) is 31.3 Å². The Morgan fingerprint density at radius 1 is 1.10 bits per heavy atom. The number of rotatable bonds is 3. The van der Waals surface area contributed by atoms with Gasteiger partial charge in [0.1, 0.15) is 0 Å². The minimum absolute atomic E-state index is 0.220. The molecule has 0 bridgehead atoms. The topological polar surface area (TPSA) is 89.4 Å². The molecule has 1 N–H and O–H groups in total. The molecule has 104 valence electrons. The number of aromatic nitrogens is 2. The zero-order valence-electron chi connectivity index (χ0n) is 10.9. The zero-order valence-corrected chi connectivity index (χ0v) is 10.9. The van der Waals surface area contributed by atoms with Crippen molar-refractivity contribution < 1.29 is 19.4 Å². The average molecular weight is 274 g/mol. The van der Waals surface area contributed by atoms with Crippen LogP contribution in [0.25, 0.3) is 0 Å². The SMILES string of the molecule is CCOC(=O)c1cccnc1.O=C(O)c1cccnc1. The summed E-state index contributed by atoms with van der Waals surface area (Å²) < 4.78 is 4.75. The van der Waals surface area contributed by atoms with E-state index in [2.05, 4.69) is 9.97 Å². The third-order valence-corrected chi connectivity index (χ3v) is 2.08. The predicted octanol–water partition coefficient (Wildman–Crippen LogP) is 2.04. The van der Waals surface area contributed by atoms with Gasteiger partial charge in [0.15, 0.2) is 0 Å². The van der Waals surface area contributed by atoms with E-state index in [4.69, 9.17) is 9.84 Å². The summed E-state index contributed by atoms with van der Waals surface area (Å²) in [5, 5.41) is 8.34. The van der Waals surface area contributed by atoms with Crippen LogP contribution >= 0.6 is 0 Å². The molecule has 0 aromatic carbocycles. The van der Waals surface area contributed by atoms with Crippen molar-refractivity contribution in [3.05, 3.63) is 60.2 Å². The molecule has 0 aliphatic carbocycles. The lowest BCUT2D eigenvalue weighted by Crippen LogP contribution is -2.04. The lowest BCUT2D eigenvalue weighted by atomic mass is 10.3. The molecule has 0 aliphatic rings. The maximum Gasteiger partial charge on any atom is 0.339 e. The number of aromatic carboxylic acids is 1. The molecular weight excluding hydrogens is 260 g/mol. The quantitative estimate of drug-likeness (QED) is 0.861. The second kappa shape index (κ2) is 8.36. The number of carbonyl (C=O) groups excluding carboxylic acids is 1. The summed E-state index contributed by atoms with van der Waals surface area (Å²) in [6.07, 6.45) is 5.94. The monoisotopic (exact) mass is 274 g/mol. The number of carboxylic acids is 1. The van der Waals surface area contributed by atoms with Gasteiger partial charge < -0.3 is 9.84 Å². The van der Waals surface area contributed by atoms with E-state index in [1.807, 2.05) is 0 Å². The Balaban J connectivity index is 0.000000204. The molecule has 0 saturated heterocycles. The normalized spacial score (nSPS) is 9.05. The number of ether oxygens (including phenoxy) is 1. The first kappa shape index (κ1) is 15.3. The molecule has 0 amide bonds. The van der Waals surface area contributed by atoms with Crippen LogP contribution in [-0.2, 0) is 4.74 Å². The van der Waals surface area contributed by atoms with Gasteiger partial charge >= 0.3 is 11.9 Å². The fraction of sp³-hybridized carbons (Fsp3) is 0.143. The minimum Gasteiger partial charge on any atom is -0.478 e. The molecule has 6 nitrogen and oxygen atoms in total. The van der Waals surface area contributed by atoms with Crippen molar-refractivity contribution in [2.24, 2.45) is 0 Å². The Hall–Kier alpha value is -2.76. The van der Waals surface area contributed by atoms with Crippen molar-refractivity contribution in [3.63, 3.8) is 0 Å². The molecule has 0 unspecified atom stereocenters. The highest BCUT2D eigenvalue weighted by Gasteiger charge is 2.03. The number of carbonyl (C=O) groups is 2. The van der Waals surface area contributed by atoms with E-state index in [-0.39, 0.29) is 11.5 Å². The third kappa shape index (κ3) is 5.26. The first-order valence-corrected chi connectivity index (χ1v) is 5.85. The number of nitrogens with zero attached hydrogens (tertiary/aromatic N) is 2. The van der Waals surface area contributed by atoms with Crippen LogP contribution in [-0.4, -0.2) is 33.6 Å². The van der Waals surface area contributed by atoms with Crippen molar-refractivity contribution >= 4 is 11.9 Å². The van der Waals surface area contributed by atoms with E-state index in [0.717, 1.165) is 0 Å². The first-order chi connectivity index (χ1) is 9.65. The molecule has 2 heterocycles. The van der Waals surface area contributed by atoms with Crippen molar-refractivity contribution in [2.45, 2.75) is 6.92 Å².